The van der Waals surface area contributed by atoms with E-state index in [-0.39, 0.29) is 0 Å². The molecule has 20 heavy (non-hydrogen) atoms. The van der Waals surface area contributed by atoms with Crippen molar-refractivity contribution in [3.63, 3.8) is 0 Å². The summed E-state index contributed by atoms with van der Waals surface area (Å²) >= 11 is 0. The third-order valence-electron chi connectivity index (χ3n) is 5.22. The van der Waals surface area contributed by atoms with Crippen LogP contribution in [0.4, 0.5) is 0 Å². The maximum Gasteiger partial charge on any atom is 0.0378 e. The molecule has 0 amide bonds. The van der Waals surface area contributed by atoms with Crippen LogP contribution in [0.1, 0.15) is 49.8 Å². The van der Waals surface area contributed by atoms with Crippen molar-refractivity contribution in [2.75, 3.05) is 7.05 Å². The molecule has 1 heteroatoms. The molecular formula is C19H25N. The topological polar surface area (TPSA) is 12.0 Å². The van der Waals surface area contributed by atoms with Crippen LogP contribution in [-0.4, -0.2) is 7.05 Å². The van der Waals surface area contributed by atoms with E-state index in [1.54, 1.807) is 0 Å². The molecule has 106 valence electrons. The van der Waals surface area contributed by atoms with Gasteiger partial charge in [0.05, 0.1) is 0 Å². The van der Waals surface area contributed by atoms with Gasteiger partial charge in [-0.3, -0.25) is 0 Å². The molecule has 1 aliphatic rings. The molecule has 1 aliphatic carbocycles. The first kappa shape index (κ1) is 13.6. The van der Waals surface area contributed by atoms with Gasteiger partial charge in [-0.1, -0.05) is 56.2 Å². The van der Waals surface area contributed by atoms with Crippen LogP contribution in [0.3, 0.4) is 0 Å². The summed E-state index contributed by atoms with van der Waals surface area (Å²) in [5.74, 6) is 0. The van der Waals surface area contributed by atoms with Crippen molar-refractivity contribution >= 4 is 10.8 Å². The van der Waals surface area contributed by atoms with E-state index < -0.39 is 0 Å². The summed E-state index contributed by atoms with van der Waals surface area (Å²) in [6.45, 7) is 4.66. The third kappa shape index (κ3) is 2.14. The fourth-order valence-corrected chi connectivity index (χ4v) is 4.08. The van der Waals surface area contributed by atoms with Gasteiger partial charge in [0, 0.05) is 6.04 Å². The molecule has 0 spiro atoms. The summed E-state index contributed by atoms with van der Waals surface area (Å²) in [7, 11) is 2.11. The van der Waals surface area contributed by atoms with Gasteiger partial charge in [0.25, 0.3) is 0 Å². The average molecular weight is 267 g/mol. The standard InChI is InChI=1S/C19H25N/c1-14-10-11-17(16-9-5-4-8-15(14)16)18(20-3)19(2)12-6-7-13-19/h4-5,8-11,18,20H,6-7,12-13H2,1-3H3. The van der Waals surface area contributed by atoms with E-state index >= 15 is 0 Å². The van der Waals surface area contributed by atoms with Crippen LogP contribution in [0, 0.1) is 12.3 Å². The molecule has 1 nitrogen and oxygen atoms in total. The molecule has 3 rings (SSSR count). The molecule has 0 heterocycles. The molecule has 0 bridgehead atoms. The Morgan fingerprint density at radius 2 is 1.65 bits per heavy atom. The van der Waals surface area contributed by atoms with Gasteiger partial charge in [-0.15, -0.1) is 0 Å². The lowest BCUT2D eigenvalue weighted by atomic mass is 9.76. The Bertz CT molecular complexity index is 608. The predicted molar refractivity (Wildman–Crippen MR) is 87.1 cm³/mol. The quantitative estimate of drug-likeness (QED) is 0.826. The molecule has 1 saturated carbocycles. The Morgan fingerprint density at radius 3 is 2.30 bits per heavy atom. The molecule has 0 saturated heterocycles. The Balaban J connectivity index is 2.15. The van der Waals surface area contributed by atoms with Crippen LogP contribution < -0.4 is 5.32 Å². The van der Waals surface area contributed by atoms with Crippen LogP contribution in [0.5, 0.6) is 0 Å². The Labute approximate surface area is 122 Å². The lowest BCUT2D eigenvalue weighted by Gasteiger charge is -2.35. The van der Waals surface area contributed by atoms with Crippen molar-refractivity contribution in [3.05, 3.63) is 47.5 Å². The first-order valence-corrected chi connectivity index (χ1v) is 7.81. The third-order valence-corrected chi connectivity index (χ3v) is 5.22. The highest BCUT2D eigenvalue weighted by molar-refractivity contribution is 5.89. The molecule has 1 unspecified atom stereocenters. The summed E-state index contributed by atoms with van der Waals surface area (Å²) in [5.41, 5.74) is 3.24. The molecule has 1 N–H and O–H groups in total. The van der Waals surface area contributed by atoms with Crippen molar-refractivity contribution in [2.24, 2.45) is 5.41 Å². The minimum Gasteiger partial charge on any atom is -0.313 e. The van der Waals surface area contributed by atoms with Crippen LogP contribution >= 0.6 is 0 Å². The Kier molecular flexibility index (Phi) is 3.55. The van der Waals surface area contributed by atoms with E-state index in [1.165, 1.54) is 47.6 Å². The van der Waals surface area contributed by atoms with Crippen molar-refractivity contribution in [1.29, 1.82) is 0 Å². The van der Waals surface area contributed by atoms with Gasteiger partial charge in [-0.2, -0.15) is 0 Å². The molecular weight excluding hydrogens is 242 g/mol. The van der Waals surface area contributed by atoms with Gasteiger partial charge in [0.15, 0.2) is 0 Å². The molecule has 0 aromatic heterocycles. The monoisotopic (exact) mass is 267 g/mol. The van der Waals surface area contributed by atoms with Gasteiger partial charge < -0.3 is 5.32 Å². The van der Waals surface area contributed by atoms with Crippen LogP contribution in [0.15, 0.2) is 36.4 Å². The molecule has 0 aliphatic heterocycles. The van der Waals surface area contributed by atoms with E-state index in [4.69, 9.17) is 0 Å². The van der Waals surface area contributed by atoms with Crippen molar-refractivity contribution in [3.8, 4) is 0 Å². The number of nitrogens with one attached hydrogen (secondary N) is 1. The van der Waals surface area contributed by atoms with Crippen molar-refractivity contribution < 1.29 is 0 Å². The van der Waals surface area contributed by atoms with Crippen LogP contribution in [-0.2, 0) is 0 Å². The number of hydrogen-bond donors (Lipinski definition) is 1. The van der Waals surface area contributed by atoms with Gasteiger partial charge in [-0.05, 0) is 54.1 Å². The fraction of sp³-hybridized carbons (Fsp3) is 0.474. The first-order chi connectivity index (χ1) is 9.65. The van der Waals surface area contributed by atoms with Gasteiger partial charge in [-0.25, -0.2) is 0 Å². The average Bonchev–Trinajstić information content (AvgIpc) is 2.90. The van der Waals surface area contributed by atoms with E-state index in [2.05, 4.69) is 62.6 Å². The fourth-order valence-electron chi connectivity index (χ4n) is 4.08. The van der Waals surface area contributed by atoms with Crippen LogP contribution in [0.2, 0.25) is 0 Å². The smallest absolute Gasteiger partial charge is 0.0378 e. The number of fused-ring (bicyclic) bond motifs is 1. The summed E-state index contributed by atoms with van der Waals surface area (Å²) in [6.07, 6.45) is 5.42. The molecule has 0 radical (unpaired) electrons. The SMILES string of the molecule is CNC(c1ccc(C)c2ccccc12)C1(C)CCCC1. The molecule has 1 atom stereocenters. The minimum absolute atomic E-state index is 0.396. The highest BCUT2D eigenvalue weighted by Crippen LogP contribution is 2.48. The van der Waals surface area contributed by atoms with Gasteiger partial charge >= 0.3 is 0 Å². The van der Waals surface area contributed by atoms with Crippen LogP contribution in [0.25, 0.3) is 10.8 Å². The first-order valence-electron chi connectivity index (χ1n) is 7.81. The predicted octanol–water partition coefficient (Wildman–Crippen LogP) is 4.99. The van der Waals surface area contributed by atoms with Gasteiger partial charge in [0.1, 0.15) is 0 Å². The largest absolute Gasteiger partial charge is 0.313 e. The highest BCUT2D eigenvalue weighted by atomic mass is 14.9. The second kappa shape index (κ2) is 5.21. The zero-order valence-electron chi connectivity index (χ0n) is 12.9. The Hall–Kier alpha value is -1.34. The maximum absolute atomic E-state index is 3.61. The normalized spacial score (nSPS) is 19.4. The van der Waals surface area contributed by atoms with Gasteiger partial charge in [0.2, 0.25) is 0 Å². The minimum atomic E-state index is 0.396. The molecule has 2 aromatic carbocycles. The number of aryl methyl sites for hydroxylation is 1. The number of rotatable bonds is 3. The molecule has 2 aromatic rings. The zero-order valence-corrected chi connectivity index (χ0v) is 12.9. The van der Waals surface area contributed by atoms with E-state index in [9.17, 15) is 0 Å². The Morgan fingerprint density at radius 1 is 1.00 bits per heavy atom. The van der Waals surface area contributed by atoms with E-state index in [0.29, 0.717) is 11.5 Å². The number of hydrogen-bond acceptors (Lipinski definition) is 1. The lowest BCUT2D eigenvalue weighted by Crippen LogP contribution is -2.32. The summed E-state index contributed by atoms with van der Waals surface area (Å²) in [4.78, 5) is 0. The summed E-state index contributed by atoms with van der Waals surface area (Å²) < 4.78 is 0. The number of benzene rings is 2. The second-order valence-corrected chi connectivity index (χ2v) is 6.60. The summed E-state index contributed by atoms with van der Waals surface area (Å²) in [6, 6.07) is 13.9. The summed E-state index contributed by atoms with van der Waals surface area (Å²) in [5, 5.41) is 6.42. The van der Waals surface area contributed by atoms with E-state index in [1.807, 2.05) is 0 Å². The molecule has 1 fully saturated rings. The second-order valence-electron chi connectivity index (χ2n) is 6.60. The van der Waals surface area contributed by atoms with Crippen molar-refractivity contribution in [1.82, 2.24) is 5.32 Å². The zero-order chi connectivity index (χ0) is 14.2. The van der Waals surface area contributed by atoms with Crippen molar-refractivity contribution in [2.45, 2.75) is 45.6 Å². The van der Waals surface area contributed by atoms with E-state index in [0.717, 1.165) is 0 Å². The lowest BCUT2D eigenvalue weighted by molar-refractivity contribution is 0.235. The maximum atomic E-state index is 3.61. The highest BCUT2D eigenvalue weighted by Gasteiger charge is 2.37.